The summed E-state index contributed by atoms with van der Waals surface area (Å²) >= 11 is 0. The largest absolute Gasteiger partial charge is 0.508 e. The molecule has 1 aromatic heterocycles. The Balaban J connectivity index is 0.000000166. The summed E-state index contributed by atoms with van der Waals surface area (Å²) in [7, 11) is 1.31. The summed E-state index contributed by atoms with van der Waals surface area (Å²) in [6, 6.07) is 17.6. The summed E-state index contributed by atoms with van der Waals surface area (Å²) in [6.07, 6.45) is 0. The quantitative estimate of drug-likeness (QED) is 0.443. The van der Waals surface area contributed by atoms with E-state index in [1.165, 1.54) is 25.3 Å². The van der Waals surface area contributed by atoms with Gasteiger partial charge in [0.1, 0.15) is 17.2 Å². The van der Waals surface area contributed by atoms with Gasteiger partial charge in [0.05, 0.1) is 18.2 Å². The van der Waals surface area contributed by atoms with Crippen LogP contribution in [0.2, 0.25) is 0 Å². The van der Waals surface area contributed by atoms with Crippen LogP contribution in [0.3, 0.4) is 0 Å². The summed E-state index contributed by atoms with van der Waals surface area (Å²) in [5.74, 6) is -1.05. The average Bonchev–Trinajstić information content (AvgIpc) is 2.72. The Bertz CT molecular complexity index is 1220. The van der Waals surface area contributed by atoms with Gasteiger partial charge in [-0.2, -0.15) is 0 Å². The van der Waals surface area contributed by atoms with Gasteiger partial charge in [0, 0.05) is 5.39 Å². The number of ether oxygens (including phenoxy) is 1. The molecule has 3 aromatic carbocycles. The maximum Gasteiger partial charge on any atom is 0.356 e. The highest BCUT2D eigenvalue weighted by Gasteiger charge is 2.07. The number of carbonyl (C=O) groups excluding carboxylic acids is 1. The monoisotopic (exact) mass is 391 g/mol. The van der Waals surface area contributed by atoms with Gasteiger partial charge in [0.25, 0.3) is 0 Å². The molecule has 29 heavy (non-hydrogen) atoms. The molecule has 7 nitrogen and oxygen atoms in total. The Labute approximate surface area is 165 Å². The van der Waals surface area contributed by atoms with Crippen molar-refractivity contribution in [3.05, 3.63) is 78.0 Å². The molecule has 4 rings (SSSR count). The van der Waals surface area contributed by atoms with Gasteiger partial charge in [-0.15, -0.1) is 0 Å². The number of carboxylic acid groups (broad SMARTS) is 1. The first kappa shape index (κ1) is 19.6. The lowest BCUT2D eigenvalue weighted by molar-refractivity contribution is 0.0593. The van der Waals surface area contributed by atoms with Crippen LogP contribution in [0.5, 0.6) is 11.5 Å². The Hall–Kier alpha value is -4.13. The van der Waals surface area contributed by atoms with Crippen molar-refractivity contribution in [1.29, 1.82) is 0 Å². The molecule has 0 saturated heterocycles. The molecule has 4 aromatic rings. The molecule has 146 valence electrons. The molecule has 1 heterocycles. The first-order valence-electron chi connectivity index (χ1n) is 8.51. The van der Waals surface area contributed by atoms with Crippen LogP contribution in [0.4, 0.5) is 0 Å². The highest BCUT2D eigenvalue weighted by atomic mass is 16.5. The van der Waals surface area contributed by atoms with Gasteiger partial charge in [-0.05, 0) is 59.3 Å². The van der Waals surface area contributed by atoms with Crippen molar-refractivity contribution in [2.45, 2.75) is 0 Å². The molecule has 0 saturated carbocycles. The van der Waals surface area contributed by atoms with E-state index in [0.717, 1.165) is 16.2 Å². The molecule has 0 radical (unpaired) electrons. The number of aromatic carboxylic acids is 1. The SMILES string of the molecule is COC(=O)c1ccc2cc(O)ccc2n1.O=C(O)c1ccc2cc(O)ccc2c1. The Morgan fingerprint density at radius 3 is 2.07 bits per heavy atom. The van der Waals surface area contributed by atoms with Crippen molar-refractivity contribution in [2.75, 3.05) is 7.11 Å². The highest BCUT2D eigenvalue weighted by molar-refractivity contribution is 5.94. The lowest BCUT2D eigenvalue weighted by Crippen LogP contribution is -2.03. The number of hydrogen-bond acceptors (Lipinski definition) is 6. The minimum Gasteiger partial charge on any atom is -0.508 e. The molecule has 0 amide bonds. The topological polar surface area (TPSA) is 117 Å². The van der Waals surface area contributed by atoms with E-state index in [2.05, 4.69) is 9.72 Å². The minimum atomic E-state index is -0.944. The molecular weight excluding hydrogens is 374 g/mol. The molecule has 0 bridgehead atoms. The molecule has 0 fully saturated rings. The smallest absolute Gasteiger partial charge is 0.356 e. The van der Waals surface area contributed by atoms with Crippen molar-refractivity contribution in [3.63, 3.8) is 0 Å². The zero-order valence-corrected chi connectivity index (χ0v) is 15.4. The van der Waals surface area contributed by atoms with Crippen LogP contribution in [0.1, 0.15) is 20.8 Å². The van der Waals surface area contributed by atoms with Crippen LogP contribution >= 0.6 is 0 Å². The van der Waals surface area contributed by atoms with E-state index in [1.54, 1.807) is 48.5 Å². The Kier molecular flexibility index (Phi) is 5.59. The van der Waals surface area contributed by atoms with E-state index in [0.29, 0.717) is 5.52 Å². The van der Waals surface area contributed by atoms with Crippen LogP contribution < -0.4 is 0 Å². The number of rotatable bonds is 2. The third-order valence-electron chi connectivity index (χ3n) is 4.14. The van der Waals surface area contributed by atoms with E-state index < -0.39 is 11.9 Å². The number of fused-ring (bicyclic) bond motifs is 2. The molecule has 0 spiro atoms. The third kappa shape index (κ3) is 4.59. The maximum atomic E-state index is 11.2. The van der Waals surface area contributed by atoms with Gasteiger partial charge in [-0.1, -0.05) is 18.2 Å². The number of carboxylic acids is 1. The van der Waals surface area contributed by atoms with Crippen molar-refractivity contribution < 1.29 is 29.6 Å². The van der Waals surface area contributed by atoms with Crippen molar-refractivity contribution >= 4 is 33.6 Å². The second-order valence-corrected chi connectivity index (χ2v) is 6.12. The van der Waals surface area contributed by atoms with Crippen LogP contribution in [0.25, 0.3) is 21.7 Å². The molecule has 0 unspecified atom stereocenters. The molecule has 0 aliphatic carbocycles. The molecule has 0 aliphatic rings. The second kappa shape index (κ2) is 8.26. The molecular formula is C22H17NO6. The normalized spacial score (nSPS) is 10.2. The molecule has 0 aliphatic heterocycles. The number of hydrogen-bond donors (Lipinski definition) is 3. The summed E-state index contributed by atoms with van der Waals surface area (Å²) in [5.41, 5.74) is 1.16. The zero-order valence-electron chi connectivity index (χ0n) is 15.4. The van der Waals surface area contributed by atoms with Gasteiger partial charge in [0.15, 0.2) is 0 Å². The van der Waals surface area contributed by atoms with E-state index >= 15 is 0 Å². The molecule has 3 N–H and O–H groups in total. The summed E-state index contributed by atoms with van der Waals surface area (Å²) in [4.78, 5) is 26.0. The first-order chi connectivity index (χ1) is 13.9. The van der Waals surface area contributed by atoms with Gasteiger partial charge in [-0.25, -0.2) is 14.6 Å². The number of phenols is 2. The number of aromatic hydroxyl groups is 2. The van der Waals surface area contributed by atoms with E-state index in [9.17, 15) is 19.8 Å². The number of phenolic OH excluding ortho intramolecular Hbond substituents is 2. The van der Waals surface area contributed by atoms with Crippen LogP contribution in [-0.2, 0) is 4.74 Å². The van der Waals surface area contributed by atoms with E-state index in [1.807, 2.05) is 0 Å². The number of methoxy groups -OCH3 is 1. The fourth-order valence-corrected chi connectivity index (χ4v) is 2.70. The molecule has 7 heteroatoms. The maximum absolute atomic E-state index is 11.2. The predicted octanol–water partition coefficient (Wildman–Crippen LogP) is 3.97. The third-order valence-corrected chi connectivity index (χ3v) is 4.14. The van der Waals surface area contributed by atoms with Crippen molar-refractivity contribution in [2.24, 2.45) is 0 Å². The number of nitrogens with zero attached hydrogens (tertiary/aromatic N) is 1. The van der Waals surface area contributed by atoms with Crippen LogP contribution in [-0.4, -0.2) is 39.4 Å². The van der Waals surface area contributed by atoms with Crippen molar-refractivity contribution in [1.82, 2.24) is 4.98 Å². The number of esters is 1. The van der Waals surface area contributed by atoms with Crippen LogP contribution in [0, 0.1) is 0 Å². The first-order valence-corrected chi connectivity index (χ1v) is 8.51. The second-order valence-electron chi connectivity index (χ2n) is 6.12. The Morgan fingerprint density at radius 2 is 1.38 bits per heavy atom. The number of carbonyl (C=O) groups is 2. The van der Waals surface area contributed by atoms with Gasteiger partial charge >= 0.3 is 11.9 Å². The number of aromatic nitrogens is 1. The van der Waals surface area contributed by atoms with E-state index in [4.69, 9.17) is 5.11 Å². The van der Waals surface area contributed by atoms with Gasteiger partial charge in [0.2, 0.25) is 0 Å². The van der Waals surface area contributed by atoms with E-state index in [-0.39, 0.29) is 22.8 Å². The summed E-state index contributed by atoms with van der Waals surface area (Å²) in [6.45, 7) is 0. The summed E-state index contributed by atoms with van der Waals surface area (Å²) < 4.78 is 4.56. The average molecular weight is 391 g/mol. The minimum absolute atomic E-state index is 0.176. The fourth-order valence-electron chi connectivity index (χ4n) is 2.70. The number of pyridine rings is 1. The number of benzene rings is 3. The lowest BCUT2D eigenvalue weighted by Gasteiger charge is -2.01. The zero-order chi connectivity index (χ0) is 21.0. The van der Waals surface area contributed by atoms with Gasteiger partial charge in [-0.3, -0.25) is 0 Å². The Morgan fingerprint density at radius 1 is 0.793 bits per heavy atom. The molecule has 0 atom stereocenters. The van der Waals surface area contributed by atoms with Crippen LogP contribution in [0.15, 0.2) is 66.7 Å². The lowest BCUT2D eigenvalue weighted by atomic mass is 10.1. The van der Waals surface area contributed by atoms with Crippen molar-refractivity contribution in [3.8, 4) is 11.5 Å². The predicted molar refractivity (Wildman–Crippen MR) is 107 cm³/mol. The fraction of sp³-hybridized carbons (Fsp3) is 0.0455. The standard InChI is InChI=1S/C11H9NO3.C11H8O3/c1-15-11(14)10-4-2-7-6-8(13)3-5-9(7)12-10;12-10-4-3-7-5-9(11(13)14)2-1-8(7)6-10/h2-6,13H,1H3;1-6,12H,(H,13,14). The summed E-state index contributed by atoms with van der Waals surface area (Å²) in [5, 5.41) is 29.6. The highest BCUT2D eigenvalue weighted by Crippen LogP contribution is 2.21. The van der Waals surface area contributed by atoms with Gasteiger partial charge < -0.3 is 20.1 Å².